The maximum atomic E-state index is 9.68. The summed E-state index contributed by atoms with van der Waals surface area (Å²) in [6.45, 7) is 6.35. The number of aromatic nitrogens is 1. The molecule has 2 N–H and O–H groups in total. The average Bonchev–Trinajstić information content (AvgIpc) is 2.29. The van der Waals surface area contributed by atoms with E-state index in [9.17, 15) is 5.11 Å². The quantitative estimate of drug-likeness (QED) is 0.817. The van der Waals surface area contributed by atoms with Crippen LogP contribution in [-0.4, -0.2) is 22.2 Å². The van der Waals surface area contributed by atoms with Crippen molar-refractivity contribution < 1.29 is 5.11 Å². The highest BCUT2D eigenvalue weighted by atomic mass is 16.3. The summed E-state index contributed by atoms with van der Waals surface area (Å²) < 4.78 is 0. The van der Waals surface area contributed by atoms with Gasteiger partial charge in [-0.05, 0) is 25.0 Å². The molecule has 2 unspecified atom stereocenters. The predicted molar refractivity (Wildman–Crippen MR) is 64.0 cm³/mol. The third-order valence-electron chi connectivity index (χ3n) is 3.85. The Morgan fingerprint density at radius 1 is 1.56 bits per heavy atom. The molecule has 0 amide bonds. The maximum Gasteiger partial charge on any atom is 0.0621 e. The van der Waals surface area contributed by atoms with E-state index in [1.807, 2.05) is 12.3 Å². The molecule has 16 heavy (non-hydrogen) atoms. The molecular formula is C13H20N2O. The van der Waals surface area contributed by atoms with E-state index >= 15 is 0 Å². The number of hydrogen-bond acceptors (Lipinski definition) is 3. The highest BCUT2D eigenvalue weighted by molar-refractivity contribution is 5.14. The predicted octanol–water partition coefficient (Wildman–Crippen LogP) is 1.89. The van der Waals surface area contributed by atoms with Crippen molar-refractivity contribution in [3.8, 4) is 0 Å². The van der Waals surface area contributed by atoms with Gasteiger partial charge in [-0.1, -0.05) is 19.9 Å². The average molecular weight is 220 g/mol. The summed E-state index contributed by atoms with van der Waals surface area (Å²) in [5.41, 5.74) is 1.18. The molecule has 0 bridgehead atoms. The van der Waals surface area contributed by atoms with Crippen LogP contribution in [0.3, 0.4) is 0 Å². The maximum absolute atomic E-state index is 9.68. The lowest BCUT2D eigenvalue weighted by atomic mass is 9.64. The number of aliphatic hydroxyl groups is 1. The lowest BCUT2D eigenvalue weighted by Crippen LogP contribution is -2.60. The number of hydrogen-bond donors (Lipinski definition) is 2. The van der Waals surface area contributed by atoms with E-state index in [4.69, 9.17) is 0 Å². The zero-order valence-electron chi connectivity index (χ0n) is 10.1. The number of nitrogens with zero attached hydrogens (tertiary/aromatic N) is 1. The van der Waals surface area contributed by atoms with Gasteiger partial charge < -0.3 is 10.4 Å². The fourth-order valence-corrected chi connectivity index (χ4v) is 2.22. The van der Waals surface area contributed by atoms with Crippen LogP contribution in [-0.2, 0) is 0 Å². The summed E-state index contributed by atoms with van der Waals surface area (Å²) in [5, 5.41) is 13.2. The van der Waals surface area contributed by atoms with Gasteiger partial charge in [-0.3, -0.25) is 4.98 Å². The summed E-state index contributed by atoms with van der Waals surface area (Å²) >= 11 is 0. The van der Waals surface area contributed by atoms with Crippen LogP contribution >= 0.6 is 0 Å². The molecule has 1 heterocycles. The largest absolute Gasteiger partial charge is 0.392 e. The van der Waals surface area contributed by atoms with Gasteiger partial charge in [0.1, 0.15) is 0 Å². The Bertz CT molecular complexity index is 350. The molecule has 1 aromatic rings. The zero-order chi connectivity index (χ0) is 11.8. The van der Waals surface area contributed by atoms with Gasteiger partial charge in [0.2, 0.25) is 0 Å². The van der Waals surface area contributed by atoms with Crippen LogP contribution in [0.15, 0.2) is 24.5 Å². The first-order valence-electron chi connectivity index (χ1n) is 5.86. The Morgan fingerprint density at radius 2 is 2.31 bits per heavy atom. The third-order valence-corrected chi connectivity index (χ3v) is 3.85. The Hall–Kier alpha value is -0.930. The zero-order valence-corrected chi connectivity index (χ0v) is 10.1. The second kappa shape index (κ2) is 4.15. The normalized spacial score (nSPS) is 29.5. The van der Waals surface area contributed by atoms with E-state index in [2.05, 4.69) is 37.1 Å². The van der Waals surface area contributed by atoms with E-state index in [0.29, 0.717) is 6.04 Å². The van der Waals surface area contributed by atoms with Crippen LogP contribution < -0.4 is 5.32 Å². The van der Waals surface area contributed by atoms with Gasteiger partial charge in [-0.25, -0.2) is 0 Å². The van der Waals surface area contributed by atoms with Crippen molar-refractivity contribution in [1.29, 1.82) is 0 Å². The Morgan fingerprint density at radius 3 is 2.81 bits per heavy atom. The number of pyridine rings is 1. The first-order valence-corrected chi connectivity index (χ1v) is 5.86. The topological polar surface area (TPSA) is 45.1 Å². The van der Waals surface area contributed by atoms with Crippen molar-refractivity contribution in [2.24, 2.45) is 5.41 Å². The van der Waals surface area contributed by atoms with E-state index in [1.165, 1.54) is 5.56 Å². The van der Waals surface area contributed by atoms with Gasteiger partial charge in [0.15, 0.2) is 0 Å². The molecule has 0 spiro atoms. The molecule has 2 rings (SSSR count). The van der Waals surface area contributed by atoms with Crippen LogP contribution in [0.25, 0.3) is 0 Å². The second-order valence-electron chi connectivity index (χ2n) is 5.30. The molecule has 0 aliphatic heterocycles. The minimum atomic E-state index is -0.175. The first kappa shape index (κ1) is 11.6. The van der Waals surface area contributed by atoms with Crippen molar-refractivity contribution in [2.75, 3.05) is 0 Å². The van der Waals surface area contributed by atoms with Crippen LogP contribution in [0.2, 0.25) is 0 Å². The van der Waals surface area contributed by atoms with Gasteiger partial charge in [-0.2, -0.15) is 0 Å². The second-order valence-corrected chi connectivity index (χ2v) is 5.30. The molecule has 1 aromatic heterocycles. The lowest BCUT2D eigenvalue weighted by molar-refractivity contribution is -0.0754. The molecule has 88 valence electrons. The van der Waals surface area contributed by atoms with E-state index in [-0.39, 0.29) is 17.6 Å². The molecule has 3 heteroatoms. The molecular weight excluding hydrogens is 200 g/mol. The van der Waals surface area contributed by atoms with Crippen LogP contribution in [0.1, 0.15) is 38.8 Å². The van der Waals surface area contributed by atoms with E-state index < -0.39 is 0 Å². The molecule has 3 nitrogen and oxygen atoms in total. The van der Waals surface area contributed by atoms with Gasteiger partial charge in [0.05, 0.1) is 6.10 Å². The van der Waals surface area contributed by atoms with Crippen LogP contribution in [0.4, 0.5) is 0 Å². The Labute approximate surface area is 96.9 Å². The van der Waals surface area contributed by atoms with Crippen molar-refractivity contribution in [1.82, 2.24) is 10.3 Å². The first-order chi connectivity index (χ1) is 7.51. The van der Waals surface area contributed by atoms with Crippen molar-refractivity contribution in [3.05, 3.63) is 30.1 Å². The molecule has 1 aliphatic rings. The third kappa shape index (κ3) is 1.97. The van der Waals surface area contributed by atoms with Gasteiger partial charge in [0, 0.05) is 29.9 Å². The minimum Gasteiger partial charge on any atom is -0.392 e. The van der Waals surface area contributed by atoms with Gasteiger partial charge in [-0.15, -0.1) is 0 Å². The SMILES string of the molecule is C[C@H](NC1CC(O)C1(C)C)c1cccnc1. The molecule has 3 atom stereocenters. The standard InChI is InChI=1S/C13H20N2O/c1-9(10-5-4-6-14-8-10)15-11-7-12(16)13(11,2)3/h4-6,8-9,11-12,15-16H,7H2,1-3H3/t9-,11?,12?/m0/s1. The van der Waals surface area contributed by atoms with E-state index in [0.717, 1.165) is 6.42 Å². The van der Waals surface area contributed by atoms with Gasteiger partial charge in [0.25, 0.3) is 0 Å². The summed E-state index contributed by atoms with van der Waals surface area (Å²) in [7, 11) is 0. The summed E-state index contributed by atoms with van der Waals surface area (Å²) in [5.74, 6) is 0. The molecule has 0 saturated heterocycles. The molecule has 0 radical (unpaired) electrons. The van der Waals surface area contributed by atoms with Crippen molar-refractivity contribution >= 4 is 0 Å². The van der Waals surface area contributed by atoms with Gasteiger partial charge >= 0.3 is 0 Å². The Balaban J connectivity index is 1.97. The monoisotopic (exact) mass is 220 g/mol. The number of rotatable bonds is 3. The van der Waals surface area contributed by atoms with Crippen molar-refractivity contribution in [3.63, 3.8) is 0 Å². The summed E-state index contributed by atoms with van der Waals surface area (Å²) in [6, 6.07) is 4.70. The fraction of sp³-hybridized carbons (Fsp3) is 0.615. The van der Waals surface area contributed by atoms with Crippen molar-refractivity contribution in [2.45, 2.75) is 45.4 Å². The lowest BCUT2D eigenvalue weighted by Gasteiger charge is -2.50. The number of nitrogens with one attached hydrogen (secondary N) is 1. The molecule has 1 saturated carbocycles. The smallest absolute Gasteiger partial charge is 0.0621 e. The van der Waals surface area contributed by atoms with Crippen LogP contribution in [0, 0.1) is 5.41 Å². The highest BCUT2D eigenvalue weighted by Gasteiger charge is 2.47. The molecule has 1 fully saturated rings. The van der Waals surface area contributed by atoms with E-state index in [1.54, 1.807) is 6.20 Å². The molecule has 0 aromatic carbocycles. The fourth-order valence-electron chi connectivity index (χ4n) is 2.22. The van der Waals surface area contributed by atoms with Crippen LogP contribution in [0.5, 0.6) is 0 Å². The highest BCUT2D eigenvalue weighted by Crippen LogP contribution is 2.41. The summed E-state index contributed by atoms with van der Waals surface area (Å²) in [4.78, 5) is 4.12. The minimum absolute atomic E-state index is 0.0174. The summed E-state index contributed by atoms with van der Waals surface area (Å²) in [6.07, 6.45) is 4.34. The number of aliphatic hydroxyl groups excluding tert-OH is 1. The molecule has 1 aliphatic carbocycles. The Kier molecular flexibility index (Phi) is 3.00.